The van der Waals surface area contributed by atoms with Gasteiger partial charge in [-0.2, -0.15) is 0 Å². The summed E-state index contributed by atoms with van der Waals surface area (Å²) in [6.45, 7) is 8.67. The molecule has 0 unspecified atom stereocenters. The van der Waals surface area contributed by atoms with Gasteiger partial charge in [0.05, 0.1) is 31.2 Å². The van der Waals surface area contributed by atoms with Crippen LogP contribution in [0.4, 0.5) is 4.79 Å². The van der Waals surface area contributed by atoms with E-state index in [1.807, 2.05) is 6.07 Å². The Morgan fingerprint density at radius 1 is 0.971 bits per heavy atom. The SMILES string of the molecule is COc1ccc(C(=O)CN2C(=O)S/C(=C\c3ccc4c(c3)C(C)(C)CCC4(C)C)C2=O)c(OC)c1. The van der Waals surface area contributed by atoms with E-state index in [1.165, 1.54) is 25.3 Å². The molecule has 1 saturated heterocycles. The van der Waals surface area contributed by atoms with Crippen molar-refractivity contribution in [2.75, 3.05) is 20.8 Å². The first-order chi connectivity index (χ1) is 16.5. The van der Waals surface area contributed by atoms with Crippen molar-refractivity contribution in [2.45, 2.75) is 51.4 Å². The van der Waals surface area contributed by atoms with Crippen LogP contribution in [0.1, 0.15) is 67.6 Å². The molecule has 2 aromatic rings. The number of hydrogen-bond donors (Lipinski definition) is 0. The number of ketones is 1. The number of amides is 2. The summed E-state index contributed by atoms with van der Waals surface area (Å²) >= 11 is 0.862. The summed E-state index contributed by atoms with van der Waals surface area (Å²) in [5.74, 6) is 0.0320. The normalized spacial score (nSPS) is 19.6. The quantitative estimate of drug-likeness (QED) is 0.365. The second-order valence-electron chi connectivity index (χ2n) is 10.3. The number of methoxy groups -OCH3 is 2. The van der Waals surface area contributed by atoms with Crippen molar-refractivity contribution < 1.29 is 23.9 Å². The summed E-state index contributed by atoms with van der Waals surface area (Å²) in [7, 11) is 2.97. The van der Waals surface area contributed by atoms with Crippen molar-refractivity contribution in [2.24, 2.45) is 0 Å². The maximum atomic E-state index is 13.1. The number of fused-ring (bicyclic) bond motifs is 1. The van der Waals surface area contributed by atoms with Gasteiger partial charge in [0.1, 0.15) is 11.5 Å². The van der Waals surface area contributed by atoms with Gasteiger partial charge in [-0.15, -0.1) is 0 Å². The lowest BCUT2D eigenvalue weighted by molar-refractivity contribution is -0.122. The summed E-state index contributed by atoms with van der Waals surface area (Å²) in [5, 5.41) is -0.457. The van der Waals surface area contributed by atoms with Crippen LogP contribution in [0.2, 0.25) is 0 Å². The fourth-order valence-electron chi connectivity index (χ4n) is 4.74. The molecule has 1 aliphatic carbocycles. The lowest BCUT2D eigenvalue weighted by Gasteiger charge is -2.42. The van der Waals surface area contributed by atoms with Gasteiger partial charge in [-0.1, -0.05) is 45.9 Å². The van der Waals surface area contributed by atoms with E-state index in [4.69, 9.17) is 9.47 Å². The van der Waals surface area contributed by atoms with Crippen molar-refractivity contribution >= 4 is 34.8 Å². The largest absolute Gasteiger partial charge is 0.497 e. The fourth-order valence-corrected chi connectivity index (χ4v) is 5.58. The lowest BCUT2D eigenvalue weighted by atomic mass is 9.63. The zero-order valence-corrected chi connectivity index (χ0v) is 21.9. The van der Waals surface area contributed by atoms with E-state index in [-0.39, 0.29) is 28.7 Å². The van der Waals surface area contributed by atoms with Crippen LogP contribution in [-0.2, 0) is 15.6 Å². The molecule has 0 atom stereocenters. The summed E-state index contributed by atoms with van der Waals surface area (Å²) in [5.41, 5.74) is 3.92. The Kier molecular flexibility index (Phi) is 6.58. The van der Waals surface area contributed by atoms with Gasteiger partial charge in [-0.25, -0.2) is 0 Å². The molecule has 0 radical (unpaired) electrons. The molecule has 184 valence electrons. The van der Waals surface area contributed by atoms with E-state index in [9.17, 15) is 14.4 Å². The monoisotopic (exact) mass is 493 g/mol. The predicted octanol–water partition coefficient (Wildman–Crippen LogP) is 5.97. The van der Waals surface area contributed by atoms with Crippen LogP contribution in [0.25, 0.3) is 6.08 Å². The number of ether oxygens (including phenoxy) is 2. The molecule has 0 saturated carbocycles. The van der Waals surface area contributed by atoms with Crippen LogP contribution in [0, 0.1) is 0 Å². The predicted molar refractivity (Wildman–Crippen MR) is 138 cm³/mol. The Bertz CT molecular complexity index is 1240. The first-order valence-electron chi connectivity index (χ1n) is 11.6. The van der Waals surface area contributed by atoms with Crippen LogP contribution in [-0.4, -0.2) is 42.6 Å². The second-order valence-corrected chi connectivity index (χ2v) is 11.3. The molecule has 1 heterocycles. The second kappa shape index (κ2) is 9.19. The van der Waals surface area contributed by atoms with E-state index in [0.29, 0.717) is 16.4 Å². The third-order valence-electron chi connectivity index (χ3n) is 7.06. The first-order valence-corrected chi connectivity index (χ1v) is 12.4. The van der Waals surface area contributed by atoms with E-state index < -0.39 is 11.1 Å². The van der Waals surface area contributed by atoms with Crippen LogP contribution < -0.4 is 9.47 Å². The van der Waals surface area contributed by atoms with Gasteiger partial charge in [0, 0.05) is 6.07 Å². The first kappa shape index (κ1) is 25.0. The Balaban J connectivity index is 1.58. The minimum absolute atomic E-state index is 0.0396. The molecule has 2 aliphatic rings. The fraction of sp³-hybridized carbons (Fsp3) is 0.393. The summed E-state index contributed by atoms with van der Waals surface area (Å²) < 4.78 is 10.5. The zero-order valence-electron chi connectivity index (χ0n) is 21.1. The molecule has 7 heteroatoms. The van der Waals surface area contributed by atoms with Gasteiger partial charge in [0.25, 0.3) is 11.1 Å². The summed E-state index contributed by atoms with van der Waals surface area (Å²) in [6.07, 6.45) is 3.96. The summed E-state index contributed by atoms with van der Waals surface area (Å²) in [4.78, 5) is 40.0. The number of Topliss-reactive ketones (excluding diaryl/α,β-unsaturated/α-hetero) is 1. The molecule has 1 aliphatic heterocycles. The number of thioether (sulfide) groups is 1. The molecular weight excluding hydrogens is 462 g/mol. The molecule has 35 heavy (non-hydrogen) atoms. The molecule has 0 aromatic heterocycles. The van der Waals surface area contributed by atoms with Crippen LogP contribution in [0.5, 0.6) is 11.5 Å². The van der Waals surface area contributed by atoms with Gasteiger partial charge < -0.3 is 9.47 Å². The molecule has 2 aromatic carbocycles. The number of rotatable bonds is 6. The van der Waals surface area contributed by atoms with Crippen molar-refractivity contribution in [3.05, 3.63) is 63.6 Å². The van der Waals surface area contributed by atoms with E-state index in [1.54, 1.807) is 24.3 Å². The Labute approximate surface area is 210 Å². The molecule has 6 nitrogen and oxygen atoms in total. The number of nitrogens with zero attached hydrogens (tertiary/aromatic N) is 1. The summed E-state index contributed by atoms with van der Waals surface area (Å²) in [6, 6.07) is 11.1. The van der Waals surface area contributed by atoms with Gasteiger partial charge in [0.2, 0.25) is 0 Å². The molecular formula is C28H31NO5S. The number of carbonyl (C=O) groups excluding carboxylic acids is 3. The van der Waals surface area contributed by atoms with Crippen LogP contribution in [0.3, 0.4) is 0 Å². The zero-order chi connectivity index (χ0) is 25.5. The maximum absolute atomic E-state index is 13.1. The van der Waals surface area contributed by atoms with Gasteiger partial charge in [0.15, 0.2) is 5.78 Å². The third-order valence-corrected chi connectivity index (χ3v) is 7.97. The van der Waals surface area contributed by atoms with Gasteiger partial charge in [-0.3, -0.25) is 19.3 Å². The number of benzene rings is 2. The average Bonchev–Trinajstić information content (AvgIpc) is 3.08. The van der Waals surface area contributed by atoms with Crippen molar-refractivity contribution in [3.63, 3.8) is 0 Å². The third kappa shape index (κ3) is 4.74. The maximum Gasteiger partial charge on any atom is 0.293 e. The van der Waals surface area contributed by atoms with E-state index in [2.05, 4.69) is 39.8 Å². The highest BCUT2D eigenvalue weighted by Gasteiger charge is 2.38. The smallest absolute Gasteiger partial charge is 0.293 e. The Morgan fingerprint density at radius 2 is 1.66 bits per heavy atom. The Morgan fingerprint density at radius 3 is 2.31 bits per heavy atom. The minimum Gasteiger partial charge on any atom is -0.497 e. The van der Waals surface area contributed by atoms with Crippen LogP contribution >= 0.6 is 11.8 Å². The number of hydrogen-bond acceptors (Lipinski definition) is 6. The lowest BCUT2D eigenvalue weighted by Crippen LogP contribution is -2.34. The topological polar surface area (TPSA) is 72.9 Å². The molecule has 4 rings (SSSR count). The van der Waals surface area contributed by atoms with Crippen molar-refractivity contribution in [1.29, 1.82) is 0 Å². The highest BCUT2D eigenvalue weighted by atomic mass is 32.2. The standard InChI is InChI=1S/C28H31NO5S/c1-27(2)11-12-28(3,4)21-13-17(7-10-20(21)27)14-24-25(31)29(26(32)35-24)16-22(30)19-9-8-18(33-5)15-23(19)34-6/h7-10,13-15H,11-12,16H2,1-6H3/b24-14-. The Hall–Kier alpha value is -3.06. The number of carbonyl (C=O) groups is 3. The van der Waals surface area contributed by atoms with Crippen molar-refractivity contribution in [1.82, 2.24) is 4.90 Å². The molecule has 2 amide bonds. The highest BCUT2D eigenvalue weighted by Crippen LogP contribution is 2.46. The minimum atomic E-state index is -0.460. The molecule has 0 spiro atoms. The van der Waals surface area contributed by atoms with Gasteiger partial charge >= 0.3 is 0 Å². The van der Waals surface area contributed by atoms with Gasteiger partial charge in [-0.05, 0) is 70.3 Å². The highest BCUT2D eigenvalue weighted by molar-refractivity contribution is 8.18. The van der Waals surface area contributed by atoms with Crippen LogP contribution in [0.15, 0.2) is 41.3 Å². The average molecular weight is 494 g/mol. The van der Waals surface area contributed by atoms with E-state index in [0.717, 1.165) is 35.1 Å². The molecule has 0 bridgehead atoms. The van der Waals surface area contributed by atoms with Crippen molar-refractivity contribution in [3.8, 4) is 11.5 Å². The molecule has 0 N–H and O–H groups in total. The molecule has 1 fully saturated rings. The van der Waals surface area contributed by atoms with E-state index >= 15 is 0 Å². The number of imide groups is 1.